The molecule has 0 amide bonds. The lowest BCUT2D eigenvalue weighted by atomic mass is 9.77. The Labute approximate surface area is 159 Å². The van der Waals surface area contributed by atoms with Crippen LogP contribution in [-0.4, -0.2) is 32.0 Å². The second-order valence-corrected chi connectivity index (χ2v) is 6.61. The van der Waals surface area contributed by atoms with E-state index in [2.05, 4.69) is 4.99 Å². The van der Waals surface area contributed by atoms with E-state index >= 15 is 0 Å². The van der Waals surface area contributed by atoms with Crippen molar-refractivity contribution in [1.82, 2.24) is 0 Å². The van der Waals surface area contributed by atoms with E-state index in [-0.39, 0.29) is 17.5 Å². The van der Waals surface area contributed by atoms with Gasteiger partial charge in [0, 0.05) is 19.1 Å². The first-order chi connectivity index (χ1) is 13.1. The zero-order valence-electron chi connectivity index (χ0n) is 15.6. The van der Waals surface area contributed by atoms with Crippen LogP contribution in [-0.2, 0) is 16.1 Å². The molecule has 0 unspecified atom stereocenters. The number of hydrogen-bond donors (Lipinski definition) is 0. The number of benzene rings is 2. The summed E-state index contributed by atoms with van der Waals surface area (Å²) in [5, 5.41) is 0. The predicted molar refractivity (Wildman–Crippen MR) is 104 cm³/mol. The van der Waals surface area contributed by atoms with Gasteiger partial charge in [-0.05, 0) is 29.2 Å². The second kappa shape index (κ2) is 8.62. The van der Waals surface area contributed by atoms with Crippen LogP contribution in [0.3, 0.4) is 0 Å². The summed E-state index contributed by atoms with van der Waals surface area (Å²) in [4.78, 5) is 29.4. The van der Waals surface area contributed by atoms with Crippen molar-refractivity contribution in [2.75, 3.05) is 14.2 Å². The summed E-state index contributed by atoms with van der Waals surface area (Å²) in [5.74, 6) is 0.196. The van der Waals surface area contributed by atoms with E-state index in [1.165, 1.54) is 6.21 Å². The number of methoxy groups -OCH3 is 2. The lowest BCUT2D eigenvalue weighted by Gasteiger charge is -2.25. The molecule has 0 N–H and O–H groups in total. The van der Waals surface area contributed by atoms with E-state index in [0.717, 1.165) is 11.1 Å². The SMILES string of the molecule is COc1ccc(C2CC(=O)C(C=NCc3ccccc3)C(=O)C2)cc1OC. The van der Waals surface area contributed by atoms with Crippen LogP contribution in [0.1, 0.15) is 29.9 Å². The Hall–Kier alpha value is -2.95. The molecular weight excluding hydrogens is 342 g/mol. The molecule has 3 rings (SSSR count). The van der Waals surface area contributed by atoms with Gasteiger partial charge in [-0.2, -0.15) is 0 Å². The summed E-state index contributed by atoms with van der Waals surface area (Å²) >= 11 is 0. The summed E-state index contributed by atoms with van der Waals surface area (Å²) in [7, 11) is 3.14. The molecule has 0 heterocycles. The third-order valence-corrected chi connectivity index (χ3v) is 4.84. The first kappa shape index (κ1) is 18.8. The zero-order chi connectivity index (χ0) is 19.2. The van der Waals surface area contributed by atoms with Crippen LogP contribution in [0.5, 0.6) is 11.5 Å². The summed E-state index contributed by atoms with van der Waals surface area (Å²) in [6, 6.07) is 15.3. The molecule has 0 aromatic heterocycles. The zero-order valence-corrected chi connectivity index (χ0v) is 15.6. The minimum absolute atomic E-state index is 0.0807. The van der Waals surface area contributed by atoms with Crippen molar-refractivity contribution in [2.24, 2.45) is 10.9 Å². The van der Waals surface area contributed by atoms with Gasteiger partial charge in [0.15, 0.2) is 11.5 Å². The number of nitrogens with zero attached hydrogens (tertiary/aromatic N) is 1. The molecule has 1 fully saturated rings. The predicted octanol–water partition coefficient (Wildman–Crippen LogP) is 3.61. The Morgan fingerprint density at radius 3 is 2.26 bits per heavy atom. The minimum Gasteiger partial charge on any atom is -0.493 e. The molecule has 0 spiro atoms. The van der Waals surface area contributed by atoms with Gasteiger partial charge in [-0.15, -0.1) is 0 Å². The highest BCUT2D eigenvalue weighted by Crippen LogP contribution is 2.36. The number of carbonyl (C=O) groups is 2. The molecule has 0 aliphatic heterocycles. The Bertz CT molecular complexity index is 827. The molecule has 5 nitrogen and oxygen atoms in total. The lowest BCUT2D eigenvalue weighted by Crippen LogP contribution is -2.33. The molecule has 27 heavy (non-hydrogen) atoms. The van der Waals surface area contributed by atoms with Crippen molar-refractivity contribution in [3.63, 3.8) is 0 Å². The lowest BCUT2D eigenvalue weighted by molar-refractivity contribution is -0.133. The van der Waals surface area contributed by atoms with E-state index in [0.29, 0.717) is 30.9 Å². The number of rotatable bonds is 6. The average Bonchev–Trinajstić information content (AvgIpc) is 2.70. The third-order valence-electron chi connectivity index (χ3n) is 4.84. The number of hydrogen-bond acceptors (Lipinski definition) is 5. The van der Waals surface area contributed by atoms with Crippen molar-refractivity contribution in [3.05, 3.63) is 59.7 Å². The fraction of sp³-hybridized carbons (Fsp3) is 0.318. The van der Waals surface area contributed by atoms with Crippen molar-refractivity contribution < 1.29 is 19.1 Å². The first-order valence-electron chi connectivity index (χ1n) is 8.93. The van der Waals surface area contributed by atoms with Gasteiger partial charge in [0.25, 0.3) is 0 Å². The van der Waals surface area contributed by atoms with Crippen LogP contribution in [0.2, 0.25) is 0 Å². The maximum atomic E-state index is 12.5. The van der Waals surface area contributed by atoms with Crippen molar-refractivity contribution in [2.45, 2.75) is 25.3 Å². The van der Waals surface area contributed by atoms with Gasteiger partial charge < -0.3 is 9.47 Å². The van der Waals surface area contributed by atoms with E-state index < -0.39 is 5.92 Å². The fourth-order valence-corrected chi connectivity index (χ4v) is 3.35. The molecule has 2 aromatic rings. The quantitative estimate of drug-likeness (QED) is 0.579. The summed E-state index contributed by atoms with van der Waals surface area (Å²) in [6.45, 7) is 0.469. The highest BCUT2D eigenvalue weighted by molar-refractivity contribution is 6.16. The third kappa shape index (κ3) is 4.42. The largest absolute Gasteiger partial charge is 0.493 e. The van der Waals surface area contributed by atoms with Crippen molar-refractivity contribution >= 4 is 17.8 Å². The molecule has 0 radical (unpaired) electrons. The first-order valence-corrected chi connectivity index (χ1v) is 8.93. The minimum atomic E-state index is -0.731. The number of ether oxygens (including phenoxy) is 2. The molecule has 0 saturated heterocycles. The van der Waals surface area contributed by atoms with Gasteiger partial charge >= 0.3 is 0 Å². The number of ketones is 2. The Morgan fingerprint density at radius 1 is 0.963 bits per heavy atom. The maximum Gasteiger partial charge on any atom is 0.160 e. The molecule has 5 heteroatoms. The number of Topliss-reactive ketones (excluding diaryl/α,β-unsaturated/α-hetero) is 2. The molecule has 0 bridgehead atoms. The number of aliphatic imine (C=N–C) groups is 1. The standard InChI is InChI=1S/C22H23NO4/c1-26-21-9-8-16(12-22(21)27-2)17-10-19(24)18(20(25)11-17)14-23-13-15-6-4-3-5-7-15/h3-9,12,14,17-18H,10-11,13H2,1-2H3. The smallest absolute Gasteiger partial charge is 0.160 e. The van der Waals surface area contributed by atoms with E-state index in [1.807, 2.05) is 42.5 Å². The van der Waals surface area contributed by atoms with E-state index in [4.69, 9.17) is 9.47 Å². The van der Waals surface area contributed by atoms with Gasteiger partial charge in [0.1, 0.15) is 17.5 Å². The van der Waals surface area contributed by atoms with E-state index in [1.54, 1.807) is 20.3 Å². The van der Waals surface area contributed by atoms with Crippen LogP contribution in [0, 0.1) is 5.92 Å². The molecule has 1 aliphatic rings. The highest BCUT2D eigenvalue weighted by atomic mass is 16.5. The van der Waals surface area contributed by atoms with Gasteiger partial charge in [-0.1, -0.05) is 36.4 Å². The number of carbonyl (C=O) groups excluding carboxylic acids is 2. The fourth-order valence-electron chi connectivity index (χ4n) is 3.35. The Balaban J connectivity index is 1.68. The molecular formula is C22H23NO4. The van der Waals surface area contributed by atoms with Crippen molar-refractivity contribution in [1.29, 1.82) is 0 Å². The van der Waals surface area contributed by atoms with Gasteiger partial charge in [0.2, 0.25) is 0 Å². The summed E-state index contributed by atoms with van der Waals surface area (Å²) < 4.78 is 10.6. The Morgan fingerprint density at radius 2 is 1.63 bits per heavy atom. The summed E-state index contributed by atoms with van der Waals surface area (Å²) in [6.07, 6.45) is 2.16. The molecule has 2 aromatic carbocycles. The monoisotopic (exact) mass is 365 g/mol. The second-order valence-electron chi connectivity index (χ2n) is 6.61. The average molecular weight is 365 g/mol. The maximum absolute atomic E-state index is 12.5. The highest BCUT2D eigenvalue weighted by Gasteiger charge is 2.35. The van der Waals surface area contributed by atoms with Crippen LogP contribution in [0.25, 0.3) is 0 Å². The van der Waals surface area contributed by atoms with E-state index in [9.17, 15) is 9.59 Å². The van der Waals surface area contributed by atoms with Crippen LogP contribution >= 0.6 is 0 Å². The van der Waals surface area contributed by atoms with Crippen LogP contribution < -0.4 is 9.47 Å². The Kier molecular flexibility index (Phi) is 6.01. The van der Waals surface area contributed by atoms with Gasteiger partial charge in [-0.3, -0.25) is 14.6 Å². The molecule has 140 valence electrons. The molecule has 1 aliphatic carbocycles. The molecule has 0 atom stereocenters. The topological polar surface area (TPSA) is 65.0 Å². The normalized spacial score (nSPS) is 20.1. The summed E-state index contributed by atoms with van der Waals surface area (Å²) in [5.41, 5.74) is 1.96. The van der Waals surface area contributed by atoms with Gasteiger partial charge in [-0.25, -0.2) is 0 Å². The van der Waals surface area contributed by atoms with Gasteiger partial charge in [0.05, 0.1) is 20.8 Å². The van der Waals surface area contributed by atoms with Crippen LogP contribution in [0.4, 0.5) is 0 Å². The van der Waals surface area contributed by atoms with Crippen molar-refractivity contribution in [3.8, 4) is 11.5 Å². The molecule has 1 saturated carbocycles. The van der Waals surface area contributed by atoms with Crippen LogP contribution in [0.15, 0.2) is 53.5 Å².